The molecule has 0 saturated heterocycles. The Morgan fingerprint density at radius 1 is 1.28 bits per heavy atom. The van der Waals surface area contributed by atoms with E-state index < -0.39 is 20.7 Å². The highest BCUT2D eigenvalue weighted by Gasteiger charge is 2.50. The van der Waals surface area contributed by atoms with E-state index in [1.165, 1.54) is 6.07 Å². The van der Waals surface area contributed by atoms with Gasteiger partial charge in [0.2, 0.25) is 15.9 Å². The molecule has 0 spiro atoms. The molecule has 4 N–H and O–H groups in total. The van der Waals surface area contributed by atoms with Crippen molar-refractivity contribution in [1.82, 2.24) is 4.98 Å². The zero-order valence-corrected chi connectivity index (χ0v) is 14.8. The van der Waals surface area contributed by atoms with Gasteiger partial charge in [0.15, 0.2) is 10.2 Å². The fraction of sp³-hybridized carbons (Fsp3) is 0.412. The number of nitrogens with two attached hydrogens (primary N) is 1. The molecule has 1 aromatic carbocycles. The van der Waals surface area contributed by atoms with Crippen molar-refractivity contribution in [3.8, 4) is 0 Å². The molecule has 0 atom stereocenters. The molecule has 1 aliphatic rings. The second kappa shape index (κ2) is 6.27. The number of hydrogen-bond donors (Lipinski definition) is 3. The Labute approximate surface area is 145 Å². The highest BCUT2D eigenvalue weighted by atomic mass is 32.2. The number of H-pyrrole nitrogens is 1. The highest BCUT2D eigenvalue weighted by molar-refractivity contribution is 7.91. The van der Waals surface area contributed by atoms with E-state index in [0.29, 0.717) is 35.9 Å². The number of sulfonamides is 1. The lowest BCUT2D eigenvalue weighted by atomic mass is 10.1. The number of carbonyl (C=O) groups excluding carboxylic acids is 1. The van der Waals surface area contributed by atoms with Gasteiger partial charge in [0.25, 0.3) is 0 Å². The van der Waals surface area contributed by atoms with Gasteiger partial charge in [0.1, 0.15) is 0 Å². The lowest BCUT2D eigenvalue weighted by Crippen LogP contribution is -2.50. The summed E-state index contributed by atoms with van der Waals surface area (Å²) in [6.45, 7) is 1.94. The number of aromatic nitrogens is 1. The topological polar surface area (TPSA) is 122 Å². The first-order valence-electron chi connectivity index (χ1n) is 8.26. The van der Waals surface area contributed by atoms with Crippen LogP contribution in [0.4, 0.5) is 5.69 Å². The summed E-state index contributed by atoms with van der Waals surface area (Å²) < 4.78 is 22.4. The Morgan fingerprint density at radius 2 is 1.96 bits per heavy atom. The predicted molar refractivity (Wildman–Crippen MR) is 96.9 cm³/mol. The number of carbonyl (C=O) groups is 1. The maximum atomic E-state index is 12.6. The van der Waals surface area contributed by atoms with Crippen LogP contribution < -0.4 is 15.9 Å². The Balaban J connectivity index is 1.96. The van der Waals surface area contributed by atoms with Crippen LogP contribution in [0.15, 0.2) is 29.1 Å². The molecule has 1 aliphatic carbocycles. The van der Waals surface area contributed by atoms with Gasteiger partial charge in [-0.15, -0.1) is 0 Å². The molecule has 25 heavy (non-hydrogen) atoms. The van der Waals surface area contributed by atoms with Crippen LogP contribution in [-0.2, 0) is 21.2 Å². The molecule has 1 saturated carbocycles. The maximum absolute atomic E-state index is 12.6. The normalized spacial score (nSPS) is 16.9. The van der Waals surface area contributed by atoms with E-state index in [9.17, 15) is 18.0 Å². The minimum absolute atomic E-state index is 0.149. The van der Waals surface area contributed by atoms with Gasteiger partial charge >= 0.3 is 0 Å². The van der Waals surface area contributed by atoms with Crippen molar-refractivity contribution in [2.24, 2.45) is 5.14 Å². The number of benzene rings is 1. The summed E-state index contributed by atoms with van der Waals surface area (Å²) in [6.07, 6.45) is 2.42. The summed E-state index contributed by atoms with van der Waals surface area (Å²) in [5.74, 6) is -0.631. The summed E-state index contributed by atoms with van der Waals surface area (Å²) in [5, 5.41) is 8.40. The average Bonchev–Trinajstić information content (AvgIpc) is 3.06. The summed E-state index contributed by atoms with van der Waals surface area (Å²) in [5.41, 5.74) is 1.73. The van der Waals surface area contributed by atoms with E-state index in [-0.39, 0.29) is 18.3 Å². The number of primary sulfonamides is 1. The summed E-state index contributed by atoms with van der Waals surface area (Å²) in [6, 6.07) is 6.42. The van der Waals surface area contributed by atoms with E-state index in [4.69, 9.17) is 5.14 Å². The lowest BCUT2D eigenvalue weighted by molar-refractivity contribution is -0.118. The van der Waals surface area contributed by atoms with Crippen LogP contribution >= 0.6 is 0 Å². The first kappa shape index (κ1) is 17.6. The minimum atomic E-state index is -4.02. The third kappa shape index (κ3) is 3.07. The smallest absolute Gasteiger partial charge is 0.247 e. The molecular weight excluding hydrogens is 342 g/mol. The Bertz CT molecular complexity index is 989. The zero-order valence-electron chi connectivity index (χ0n) is 14.0. The van der Waals surface area contributed by atoms with Crippen LogP contribution in [0.3, 0.4) is 0 Å². The van der Waals surface area contributed by atoms with E-state index in [2.05, 4.69) is 10.3 Å². The molecule has 0 aliphatic heterocycles. The Morgan fingerprint density at radius 3 is 2.56 bits per heavy atom. The molecule has 134 valence electrons. The van der Waals surface area contributed by atoms with Gasteiger partial charge in [-0.1, -0.05) is 19.8 Å². The van der Waals surface area contributed by atoms with Crippen molar-refractivity contribution >= 4 is 32.5 Å². The molecule has 1 amide bonds. The predicted octanol–water partition coefficient (Wildman–Crippen LogP) is 1.63. The SMILES string of the molecule is CCc1cc(=O)c2cc(NC(=O)C3(S(N)(=O)=O)CCCC3)ccc2[nH]1. The standard InChI is InChI=1S/C17H21N3O4S/c1-2-11-10-15(21)13-9-12(5-6-14(13)19-11)20-16(22)17(25(18,23)24)7-3-4-8-17/h5-6,9-10H,2-4,7-8H2,1H3,(H,19,21)(H,20,22)(H2,18,23,24). The summed E-state index contributed by atoms with van der Waals surface area (Å²) >= 11 is 0. The van der Waals surface area contributed by atoms with Crippen LogP contribution in [-0.4, -0.2) is 24.1 Å². The molecule has 0 unspecified atom stereocenters. The first-order chi connectivity index (χ1) is 11.8. The quantitative estimate of drug-likeness (QED) is 0.764. The highest BCUT2D eigenvalue weighted by Crippen LogP contribution is 2.36. The molecule has 8 heteroatoms. The second-order valence-electron chi connectivity index (χ2n) is 6.47. The lowest BCUT2D eigenvalue weighted by Gasteiger charge is -2.25. The van der Waals surface area contributed by atoms with Crippen LogP contribution in [0.5, 0.6) is 0 Å². The third-order valence-corrected chi connectivity index (χ3v) is 6.58. The van der Waals surface area contributed by atoms with Gasteiger partial charge in [-0.2, -0.15) is 0 Å². The van der Waals surface area contributed by atoms with Crippen molar-refractivity contribution in [2.75, 3.05) is 5.32 Å². The monoisotopic (exact) mass is 363 g/mol. The molecule has 1 aromatic heterocycles. The molecule has 7 nitrogen and oxygen atoms in total. The van der Waals surface area contributed by atoms with Gasteiger partial charge in [-0.05, 0) is 37.5 Å². The van der Waals surface area contributed by atoms with E-state index >= 15 is 0 Å². The van der Waals surface area contributed by atoms with E-state index in [1.54, 1.807) is 18.2 Å². The van der Waals surface area contributed by atoms with Gasteiger partial charge in [-0.3, -0.25) is 9.59 Å². The fourth-order valence-electron chi connectivity index (χ4n) is 3.40. The number of aromatic amines is 1. The Kier molecular flexibility index (Phi) is 4.42. The van der Waals surface area contributed by atoms with Crippen LogP contribution in [0, 0.1) is 0 Å². The van der Waals surface area contributed by atoms with Crippen molar-refractivity contribution in [1.29, 1.82) is 0 Å². The van der Waals surface area contributed by atoms with Crippen LogP contribution in [0.2, 0.25) is 0 Å². The number of anilines is 1. The van der Waals surface area contributed by atoms with E-state index in [0.717, 1.165) is 5.69 Å². The summed E-state index contributed by atoms with van der Waals surface area (Å²) in [7, 11) is -4.02. The number of amides is 1. The molecule has 1 heterocycles. The van der Waals surface area contributed by atoms with Crippen LogP contribution in [0.25, 0.3) is 10.9 Å². The molecule has 0 radical (unpaired) electrons. The minimum Gasteiger partial charge on any atom is -0.358 e. The number of rotatable bonds is 4. The van der Waals surface area contributed by atoms with Crippen molar-refractivity contribution < 1.29 is 13.2 Å². The third-order valence-electron chi connectivity index (χ3n) is 4.89. The second-order valence-corrected chi connectivity index (χ2v) is 8.34. The Hall–Kier alpha value is -2.19. The first-order valence-corrected chi connectivity index (χ1v) is 9.81. The van der Waals surface area contributed by atoms with Crippen molar-refractivity contribution in [3.63, 3.8) is 0 Å². The van der Waals surface area contributed by atoms with Crippen LogP contribution in [0.1, 0.15) is 38.3 Å². The molecule has 3 rings (SSSR count). The number of pyridine rings is 1. The fourth-order valence-corrected chi connectivity index (χ4v) is 4.57. The van der Waals surface area contributed by atoms with Gasteiger partial charge in [0.05, 0.1) is 0 Å². The summed E-state index contributed by atoms with van der Waals surface area (Å²) in [4.78, 5) is 28.0. The maximum Gasteiger partial charge on any atom is 0.247 e. The van der Waals surface area contributed by atoms with E-state index in [1.807, 2.05) is 6.92 Å². The van der Waals surface area contributed by atoms with Crippen molar-refractivity contribution in [3.05, 3.63) is 40.2 Å². The molecule has 0 bridgehead atoms. The number of hydrogen-bond acceptors (Lipinski definition) is 4. The molecule has 2 aromatic rings. The average molecular weight is 363 g/mol. The van der Waals surface area contributed by atoms with Crippen molar-refractivity contribution in [2.45, 2.75) is 43.8 Å². The molecular formula is C17H21N3O4S. The van der Waals surface area contributed by atoms with Gasteiger partial charge in [-0.25, -0.2) is 13.6 Å². The number of nitrogens with one attached hydrogen (secondary N) is 2. The molecule has 1 fully saturated rings. The van der Waals surface area contributed by atoms with Gasteiger partial charge in [0, 0.05) is 28.4 Å². The number of aryl methyl sites for hydroxylation is 1. The van der Waals surface area contributed by atoms with Gasteiger partial charge < -0.3 is 10.3 Å². The largest absolute Gasteiger partial charge is 0.358 e. The zero-order chi connectivity index (χ0) is 18.2. The number of fused-ring (bicyclic) bond motifs is 1.